The summed E-state index contributed by atoms with van der Waals surface area (Å²) in [4.78, 5) is 0. The molecule has 0 fully saturated rings. The monoisotopic (exact) mass is 231 g/mol. The smallest absolute Gasteiger partial charge is 0.448 e. The molecule has 0 N–H and O–H groups in total. The summed E-state index contributed by atoms with van der Waals surface area (Å²) in [6.45, 7) is 4.99. The molecule has 0 saturated carbocycles. The van der Waals surface area contributed by atoms with Crippen LogP contribution in [0.1, 0.15) is 26.7 Å². The zero-order chi connectivity index (χ0) is 12.5. The molecular weight excluding hydrogens is 213 g/mol. The van der Waals surface area contributed by atoms with Gasteiger partial charge in [0.05, 0.1) is 13.5 Å². The van der Waals surface area contributed by atoms with E-state index < -0.39 is 7.25 Å². The van der Waals surface area contributed by atoms with Gasteiger partial charge in [-0.25, -0.2) is 4.58 Å². The molecule has 0 rings (SSSR count). The number of halogens is 4. The van der Waals surface area contributed by atoms with Crippen molar-refractivity contribution in [2.75, 3.05) is 20.7 Å². The molecule has 0 aliphatic rings. The fraction of sp³-hybridized carbons (Fsp3) is 0.875. The lowest BCUT2D eigenvalue weighted by Crippen LogP contribution is -2.13. The molecule has 0 aromatic heterocycles. The minimum absolute atomic E-state index is 0.848. The lowest BCUT2D eigenvalue weighted by molar-refractivity contribution is -0.475. The van der Waals surface area contributed by atoms with E-state index in [1.54, 1.807) is 0 Å². The molecule has 0 bridgehead atoms. The lowest BCUT2D eigenvalue weighted by Gasteiger charge is -2.00. The first-order chi connectivity index (χ1) is 6.68. The third-order valence-electron chi connectivity index (χ3n) is 1.44. The summed E-state index contributed by atoms with van der Waals surface area (Å²) in [5, 5.41) is 0. The summed E-state index contributed by atoms with van der Waals surface area (Å²) in [6, 6.07) is 0. The molecule has 0 saturated heterocycles. The van der Waals surface area contributed by atoms with Gasteiger partial charge in [0, 0.05) is 0 Å². The van der Waals surface area contributed by atoms with E-state index in [1.807, 2.05) is 25.6 Å². The Morgan fingerprint density at radius 1 is 1.20 bits per heavy atom. The van der Waals surface area contributed by atoms with E-state index in [0.717, 1.165) is 18.9 Å². The Morgan fingerprint density at radius 2 is 1.60 bits per heavy atom. The van der Waals surface area contributed by atoms with E-state index in [0.29, 0.717) is 0 Å². The summed E-state index contributed by atoms with van der Waals surface area (Å²) in [7, 11) is -2.03. The molecule has 15 heavy (non-hydrogen) atoms. The molecule has 0 atom stereocenters. The Bertz CT molecular complexity index is 184. The van der Waals surface area contributed by atoms with Crippen LogP contribution in [-0.4, -0.2) is 38.4 Å². The molecule has 92 valence electrons. The van der Waals surface area contributed by atoms with Crippen LogP contribution >= 0.6 is 0 Å². The molecular formula is C8H18BF4NO. The highest BCUT2D eigenvalue weighted by Crippen LogP contribution is 2.06. The van der Waals surface area contributed by atoms with E-state index in [-0.39, 0.29) is 0 Å². The summed E-state index contributed by atoms with van der Waals surface area (Å²) in [5.41, 5.74) is 0. The van der Waals surface area contributed by atoms with Gasteiger partial charge in [0.2, 0.25) is 0 Å². The maximum absolute atomic E-state index is 9.75. The minimum Gasteiger partial charge on any atom is -0.448 e. The van der Waals surface area contributed by atoms with Crippen molar-refractivity contribution in [1.29, 1.82) is 0 Å². The second-order valence-corrected chi connectivity index (χ2v) is 3.11. The Balaban J connectivity index is 0. The number of rotatable bonds is 3. The lowest BCUT2D eigenvalue weighted by atomic mass is 10.3. The normalized spacial score (nSPS) is 10.1. The Labute approximate surface area is 88.0 Å². The number of ether oxygens (including phenoxy) is 1. The van der Waals surface area contributed by atoms with E-state index in [1.165, 1.54) is 6.42 Å². The number of hydrogen-bond donors (Lipinski definition) is 0. The Hall–Kier alpha value is -0.745. The molecule has 0 heterocycles. The van der Waals surface area contributed by atoms with Gasteiger partial charge in [-0.2, -0.15) is 0 Å². The molecule has 0 spiro atoms. The zero-order valence-electron chi connectivity index (χ0n) is 9.57. The predicted octanol–water partition coefficient (Wildman–Crippen LogP) is 2.79. The fourth-order valence-electron chi connectivity index (χ4n) is 0.493. The molecule has 0 amide bonds. The largest absolute Gasteiger partial charge is 0.673 e. The molecule has 0 aliphatic carbocycles. The highest BCUT2D eigenvalue weighted by Gasteiger charge is 2.20. The fourth-order valence-corrected chi connectivity index (χ4v) is 0.493. The predicted molar refractivity (Wildman–Crippen MR) is 53.8 cm³/mol. The number of hydrogen-bond acceptors (Lipinski definition) is 1. The first kappa shape index (κ1) is 16.7. The van der Waals surface area contributed by atoms with Crippen LogP contribution in [0.25, 0.3) is 0 Å². The summed E-state index contributed by atoms with van der Waals surface area (Å²) >= 11 is 0. The SMILES string of the molecule is CCCCOC(C)=[N+](C)C.F[B-](F)(F)F. The quantitative estimate of drug-likeness (QED) is 0.182. The van der Waals surface area contributed by atoms with Gasteiger partial charge >= 0.3 is 13.2 Å². The van der Waals surface area contributed by atoms with Gasteiger partial charge in [0.15, 0.2) is 0 Å². The van der Waals surface area contributed by atoms with Crippen molar-refractivity contribution >= 4 is 13.2 Å². The number of nitrogens with zero attached hydrogens (tertiary/aromatic N) is 1. The highest BCUT2D eigenvalue weighted by molar-refractivity contribution is 6.50. The van der Waals surface area contributed by atoms with Crippen LogP contribution in [0.5, 0.6) is 0 Å². The molecule has 0 aromatic rings. The second kappa shape index (κ2) is 8.55. The van der Waals surface area contributed by atoms with E-state index >= 15 is 0 Å². The van der Waals surface area contributed by atoms with Gasteiger partial charge in [-0.15, -0.1) is 0 Å². The van der Waals surface area contributed by atoms with Gasteiger partial charge in [-0.1, -0.05) is 13.3 Å². The maximum atomic E-state index is 9.75. The van der Waals surface area contributed by atoms with Crippen LogP contribution < -0.4 is 0 Å². The van der Waals surface area contributed by atoms with Crippen LogP contribution in [0.15, 0.2) is 0 Å². The van der Waals surface area contributed by atoms with Crippen molar-refractivity contribution in [3.05, 3.63) is 0 Å². The van der Waals surface area contributed by atoms with Gasteiger partial charge in [0.1, 0.15) is 14.1 Å². The zero-order valence-corrected chi connectivity index (χ0v) is 9.57. The molecule has 0 aliphatic heterocycles. The Kier molecular flexibility index (Phi) is 9.51. The Morgan fingerprint density at radius 3 is 1.87 bits per heavy atom. The van der Waals surface area contributed by atoms with E-state index in [4.69, 9.17) is 4.74 Å². The van der Waals surface area contributed by atoms with Crippen molar-refractivity contribution in [1.82, 2.24) is 0 Å². The van der Waals surface area contributed by atoms with Crippen LogP contribution in [0.2, 0.25) is 0 Å². The average molecular weight is 231 g/mol. The topological polar surface area (TPSA) is 12.2 Å². The summed E-state index contributed by atoms with van der Waals surface area (Å²) in [6.07, 6.45) is 2.34. The van der Waals surface area contributed by atoms with Crippen molar-refractivity contribution in [3.8, 4) is 0 Å². The highest BCUT2D eigenvalue weighted by atomic mass is 19.5. The summed E-state index contributed by atoms with van der Waals surface area (Å²) in [5.74, 6) is 0.994. The summed E-state index contributed by atoms with van der Waals surface area (Å²) < 4.78 is 46.4. The van der Waals surface area contributed by atoms with Crippen molar-refractivity contribution in [2.24, 2.45) is 0 Å². The van der Waals surface area contributed by atoms with Gasteiger partial charge in [0.25, 0.3) is 0 Å². The first-order valence-corrected chi connectivity index (χ1v) is 4.69. The second-order valence-electron chi connectivity index (χ2n) is 3.11. The average Bonchev–Trinajstić information content (AvgIpc) is 2.01. The van der Waals surface area contributed by atoms with E-state index in [2.05, 4.69) is 6.92 Å². The molecule has 7 heteroatoms. The van der Waals surface area contributed by atoms with Crippen LogP contribution in [0.4, 0.5) is 17.3 Å². The van der Waals surface area contributed by atoms with Crippen LogP contribution in [-0.2, 0) is 4.74 Å². The van der Waals surface area contributed by atoms with Crippen molar-refractivity contribution in [2.45, 2.75) is 26.7 Å². The van der Waals surface area contributed by atoms with Crippen LogP contribution in [0.3, 0.4) is 0 Å². The van der Waals surface area contributed by atoms with Gasteiger partial charge in [-0.3, -0.25) is 0 Å². The molecule has 0 unspecified atom stereocenters. The first-order valence-electron chi connectivity index (χ1n) is 4.69. The third-order valence-corrected chi connectivity index (χ3v) is 1.44. The standard InChI is InChI=1S/C8H18NO.BF4/c1-5-6-7-10-8(2)9(3)4;2-1(3,4)5/h5-7H2,1-4H3;/q+1;-1. The number of unbranched alkanes of at least 4 members (excludes halogenated alkanes) is 1. The van der Waals surface area contributed by atoms with Crippen LogP contribution in [0, 0.1) is 0 Å². The molecule has 2 nitrogen and oxygen atoms in total. The third kappa shape index (κ3) is 24.6. The van der Waals surface area contributed by atoms with Crippen molar-refractivity contribution < 1.29 is 26.6 Å². The minimum atomic E-state index is -6.00. The van der Waals surface area contributed by atoms with Gasteiger partial charge in [-0.05, 0) is 6.42 Å². The maximum Gasteiger partial charge on any atom is 0.673 e. The van der Waals surface area contributed by atoms with E-state index in [9.17, 15) is 17.3 Å². The molecule has 0 radical (unpaired) electrons. The molecule has 0 aromatic carbocycles. The van der Waals surface area contributed by atoms with Crippen molar-refractivity contribution in [3.63, 3.8) is 0 Å². The van der Waals surface area contributed by atoms with Gasteiger partial charge < -0.3 is 22.0 Å².